The first kappa shape index (κ1) is 23.3. The number of amides is 1. The van der Waals surface area contributed by atoms with E-state index >= 15 is 0 Å². The van der Waals surface area contributed by atoms with E-state index in [0.29, 0.717) is 31.4 Å². The van der Waals surface area contributed by atoms with Gasteiger partial charge in [-0.15, -0.1) is 0 Å². The number of nitrogens with zero attached hydrogens (tertiary/aromatic N) is 5. The van der Waals surface area contributed by atoms with Crippen molar-refractivity contribution in [2.75, 3.05) is 37.7 Å². The van der Waals surface area contributed by atoms with Crippen LogP contribution in [0.25, 0.3) is 0 Å². The molecule has 8 nitrogen and oxygen atoms in total. The van der Waals surface area contributed by atoms with E-state index in [1.807, 2.05) is 17.9 Å². The number of aromatic nitrogens is 2. The van der Waals surface area contributed by atoms with E-state index in [4.69, 9.17) is 9.47 Å². The van der Waals surface area contributed by atoms with Crippen LogP contribution in [0.5, 0.6) is 5.75 Å². The lowest BCUT2D eigenvalue weighted by atomic mass is 10.1. The van der Waals surface area contributed by atoms with Gasteiger partial charge in [0.15, 0.2) is 5.75 Å². The fourth-order valence-electron chi connectivity index (χ4n) is 4.79. The van der Waals surface area contributed by atoms with Gasteiger partial charge in [-0.1, -0.05) is 30.3 Å². The van der Waals surface area contributed by atoms with Crippen LogP contribution in [0.15, 0.2) is 42.7 Å². The van der Waals surface area contributed by atoms with Crippen molar-refractivity contribution in [3.05, 3.63) is 48.3 Å². The molecule has 1 aromatic carbocycles. The van der Waals surface area contributed by atoms with Gasteiger partial charge in [-0.05, 0) is 39.2 Å². The molecular weight excluding hydrogens is 418 g/mol. The summed E-state index contributed by atoms with van der Waals surface area (Å²) in [6.45, 7) is 10.8. The van der Waals surface area contributed by atoms with Gasteiger partial charge in [-0.3, -0.25) is 9.80 Å². The third-order valence-electron chi connectivity index (χ3n) is 6.39. The highest BCUT2D eigenvalue weighted by atomic mass is 16.6. The zero-order valence-electron chi connectivity index (χ0n) is 19.9. The van der Waals surface area contributed by atoms with Crippen LogP contribution in [0.3, 0.4) is 0 Å². The number of anilines is 1. The van der Waals surface area contributed by atoms with Crippen molar-refractivity contribution >= 4 is 12.0 Å². The molecule has 2 fully saturated rings. The molecule has 0 aliphatic carbocycles. The minimum Gasteiger partial charge on any atom is -0.491 e. The van der Waals surface area contributed by atoms with Gasteiger partial charge in [0.05, 0.1) is 31.1 Å². The minimum absolute atomic E-state index is 0.00888. The topological polar surface area (TPSA) is 71.0 Å². The number of carbonyl (C=O) groups excluding carboxylic acids is 1. The van der Waals surface area contributed by atoms with Crippen molar-refractivity contribution in [2.45, 2.75) is 58.3 Å². The number of carbonyl (C=O) groups is 1. The monoisotopic (exact) mass is 453 g/mol. The van der Waals surface area contributed by atoms with Gasteiger partial charge in [0.25, 0.3) is 0 Å². The molecule has 0 radical (unpaired) electrons. The Morgan fingerprint density at radius 3 is 2.27 bits per heavy atom. The van der Waals surface area contributed by atoms with Crippen LogP contribution < -0.4 is 9.64 Å². The molecule has 1 amide bonds. The highest BCUT2D eigenvalue weighted by molar-refractivity contribution is 5.69. The largest absolute Gasteiger partial charge is 0.491 e. The van der Waals surface area contributed by atoms with E-state index in [0.717, 1.165) is 32.5 Å². The number of hydrogen-bond acceptors (Lipinski definition) is 7. The zero-order valence-corrected chi connectivity index (χ0v) is 19.9. The zero-order chi connectivity index (χ0) is 23.2. The predicted octanol–water partition coefficient (Wildman–Crippen LogP) is 3.58. The Labute approximate surface area is 196 Å². The summed E-state index contributed by atoms with van der Waals surface area (Å²) in [6.07, 6.45) is 4.93. The van der Waals surface area contributed by atoms with E-state index < -0.39 is 0 Å². The molecular formula is C25H35N5O3. The third-order valence-corrected chi connectivity index (χ3v) is 6.39. The first-order valence-corrected chi connectivity index (χ1v) is 12.0. The fourth-order valence-corrected chi connectivity index (χ4v) is 4.79. The van der Waals surface area contributed by atoms with Crippen LogP contribution in [0.1, 0.15) is 39.2 Å². The molecule has 0 N–H and O–H groups in total. The lowest BCUT2D eigenvalue weighted by Gasteiger charge is -2.44. The second kappa shape index (κ2) is 10.8. The normalized spacial score (nSPS) is 22.3. The van der Waals surface area contributed by atoms with Crippen molar-refractivity contribution in [1.82, 2.24) is 19.8 Å². The van der Waals surface area contributed by atoms with Crippen molar-refractivity contribution in [2.24, 2.45) is 0 Å². The van der Waals surface area contributed by atoms with Crippen molar-refractivity contribution in [1.29, 1.82) is 0 Å². The van der Waals surface area contributed by atoms with Gasteiger partial charge >= 0.3 is 6.09 Å². The molecule has 1 aromatic heterocycles. The second-order valence-electron chi connectivity index (χ2n) is 9.01. The molecule has 3 heterocycles. The minimum atomic E-state index is -0.205. The molecule has 33 heavy (non-hydrogen) atoms. The molecule has 2 saturated heterocycles. The SMILES string of the molecule is CCOc1cnc(N2C[C@@H](C)N(C(=O)OC3CCN(Cc4ccccc4)CC3)[C@@H](C)C2)nc1. The van der Waals surface area contributed by atoms with Gasteiger partial charge in [-0.25, -0.2) is 14.8 Å². The van der Waals surface area contributed by atoms with Crippen LogP contribution in [-0.4, -0.2) is 76.8 Å². The van der Waals surface area contributed by atoms with E-state index in [1.165, 1.54) is 5.56 Å². The number of piperidine rings is 1. The molecule has 4 rings (SSSR count). The molecule has 0 unspecified atom stereocenters. The Bertz CT molecular complexity index is 875. The molecule has 2 aromatic rings. The molecule has 0 spiro atoms. The van der Waals surface area contributed by atoms with Crippen LogP contribution in [-0.2, 0) is 11.3 Å². The average Bonchev–Trinajstić information content (AvgIpc) is 2.81. The molecule has 2 aliphatic rings. The van der Waals surface area contributed by atoms with Gasteiger partial charge in [0, 0.05) is 32.7 Å². The van der Waals surface area contributed by atoms with E-state index in [1.54, 1.807) is 12.4 Å². The number of rotatable bonds is 6. The summed E-state index contributed by atoms with van der Waals surface area (Å²) in [5.41, 5.74) is 1.32. The molecule has 2 aliphatic heterocycles. The Balaban J connectivity index is 1.26. The van der Waals surface area contributed by atoms with Gasteiger partial charge in [-0.2, -0.15) is 0 Å². The first-order valence-electron chi connectivity index (χ1n) is 12.0. The number of piperazine rings is 1. The van der Waals surface area contributed by atoms with Crippen molar-refractivity contribution < 1.29 is 14.3 Å². The maximum atomic E-state index is 13.0. The maximum absolute atomic E-state index is 13.0. The summed E-state index contributed by atoms with van der Waals surface area (Å²) in [7, 11) is 0. The van der Waals surface area contributed by atoms with Crippen molar-refractivity contribution in [3.63, 3.8) is 0 Å². The number of hydrogen-bond donors (Lipinski definition) is 0. The first-order chi connectivity index (χ1) is 16.0. The molecule has 0 bridgehead atoms. The number of ether oxygens (including phenoxy) is 2. The lowest BCUT2D eigenvalue weighted by Crippen LogP contribution is -2.59. The second-order valence-corrected chi connectivity index (χ2v) is 9.01. The summed E-state index contributed by atoms with van der Waals surface area (Å²) in [6, 6.07) is 10.5. The Hall–Kier alpha value is -2.87. The van der Waals surface area contributed by atoms with Crippen LogP contribution in [0, 0.1) is 0 Å². The van der Waals surface area contributed by atoms with E-state index in [9.17, 15) is 4.79 Å². The Morgan fingerprint density at radius 1 is 1.03 bits per heavy atom. The number of likely N-dealkylation sites (tertiary alicyclic amines) is 1. The smallest absolute Gasteiger partial charge is 0.410 e. The summed E-state index contributed by atoms with van der Waals surface area (Å²) in [4.78, 5) is 28.4. The predicted molar refractivity (Wildman–Crippen MR) is 127 cm³/mol. The Kier molecular flexibility index (Phi) is 7.65. The quantitative estimate of drug-likeness (QED) is 0.662. The summed E-state index contributed by atoms with van der Waals surface area (Å²) >= 11 is 0. The lowest BCUT2D eigenvalue weighted by molar-refractivity contribution is 0.00996. The third kappa shape index (κ3) is 5.93. The average molecular weight is 454 g/mol. The molecule has 178 valence electrons. The Morgan fingerprint density at radius 2 is 1.67 bits per heavy atom. The van der Waals surface area contributed by atoms with Gasteiger partial charge < -0.3 is 14.4 Å². The fraction of sp³-hybridized carbons (Fsp3) is 0.560. The molecule has 8 heteroatoms. The van der Waals surface area contributed by atoms with Gasteiger partial charge in [0.2, 0.25) is 5.95 Å². The van der Waals surface area contributed by atoms with Crippen LogP contribution in [0.2, 0.25) is 0 Å². The summed E-state index contributed by atoms with van der Waals surface area (Å²) < 4.78 is 11.4. The summed E-state index contributed by atoms with van der Waals surface area (Å²) in [5, 5.41) is 0. The van der Waals surface area contributed by atoms with Crippen LogP contribution in [0.4, 0.5) is 10.7 Å². The maximum Gasteiger partial charge on any atom is 0.410 e. The number of benzene rings is 1. The highest BCUT2D eigenvalue weighted by Gasteiger charge is 2.36. The summed E-state index contributed by atoms with van der Waals surface area (Å²) in [5.74, 6) is 1.33. The molecule has 0 saturated carbocycles. The van der Waals surface area contributed by atoms with Crippen LogP contribution >= 0.6 is 0 Å². The standard InChI is InChI=1S/C25H35N5O3/c1-4-32-23-14-26-24(27-15-23)29-16-19(2)30(20(3)17-29)25(31)33-22-10-12-28(13-11-22)18-21-8-6-5-7-9-21/h5-9,14-15,19-20,22H,4,10-13,16-18H2,1-3H3/t19-,20+. The van der Waals surface area contributed by atoms with E-state index in [-0.39, 0.29) is 24.3 Å². The van der Waals surface area contributed by atoms with Gasteiger partial charge in [0.1, 0.15) is 6.10 Å². The van der Waals surface area contributed by atoms with E-state index in [2.05, 4.69) is 57.9 Å². The highest BCUT2D eigenvalue weighted by Crippen LogP contribution is 2.23. The molecule has 2 atom stereocenters. The van der Waals surface area contributed by atoms with Crippen molar-refractivity contribution in [3.8, 4) is 5.75 Å².